The lowest BCUT2D eigenvalue weighted by molar-refractivity contribution is -0.152. The molecule has 3 aromatic heterocycles. The van der Waals surface area contributed by atoms with Gasteiger partial charge in [-0.1, -0.05) is 35.1 Å². The summed E-state index contributed by atoms with van der Waals surface area (Å²) in [5, 5.41) is 16.6. The van der Waals surface area contributed by atoms with Crippen LogP contribution in [0.25, 0.3) is 15.2 Å². The Hall–Kier alpha value is -5.52. The van der Waals surface area contributed by atoms with Crippen LogP contribution >= 0.6 is 34.3 Å². The number of amides is 5. The number of nitrogens with one attached hydrogen (secondary N) is 2. The van der Waals surface area contributed by atoms with Crippen LogP contribution in [0, 0.1) is 26.2 Å². The number of carbonyl (C=O) groups excluding carboxylic acids is 5. The van der Waals surface area contributed by atoms with Crippen molar-refractivity contribution in [2.24, 2.45) is 10.4 Å². The molecule has 0 bridgehead atoms. The summed E-state index contributed by atoms with van der Waals surface area (Å²) in [6, 6.07) is 11.9. The molecule has 5 amide bonds. The van der Waals surface area contributed by atoms with Gasteiger partial charge in [0.05, 0.1) is 34.4 Å². The second-order valence-corrected chi connectivity index (χ2v) is 18.5. The van der Waals surface area contributed by atoms with Crippen LogP contribution < -0.4 is 20.3 Å². The Morgan fingerprint density at radius 1 is 1.02 bits per heavy atom. The van der Waals surface area contributed by atoms with E-state index < -0.39 is 29.3 Å². The van der Waals surface area contributed by atoms with E-state index in [1.807, 2.05) is 58.9 Å². The van der Waals surface area contributed by atoms with Gasteiger partial charge in [0, 0.05) is 53.5 Å². The van der Waals surface area contributed by atoms with Gasteiger partial charge in [-0.05, 0) is 82.3 Å². The summed E-state index contributed by atoms with van der Waals surface area (Å²) >= 11 is 9.40. The lowest BCUT2D eigenvalue weighted by Gasteiger charge is -2.46. The van der Waals surface area contributed by atoms with E-state index in [0.717, 1.165) is 78.5 Å². The number of aliphatic imine (C=N–C) groups is 1. The van der Waals surface area contributed by atoms with Gasteiger partial charge in [0.2, 0.25) is 29.5 Å². The molecule has 2 N–H and O–H groups in total. The van der Waals surface area contributed by atoms with Crippen LogP contribution in [-0.4, -0.2) is 92.2 Å². The Morgan fingerprint density at radius 3 is 2.60 bits per heavy atom. The summed E-state index contributed by atoms with van der Waals surface area (Å²) < 4.78 is 9.06. The van der Waals surface area contributed by atoms with Crippen molar-refractivity contribution in [1.82, 2.24) is 35.3 Å². The van der Waals surface area contributed by atoms with Crippen molar-refractivity contribution in [2.75, 3.05) is 31.1 Å². The molecule has 2 aromatic carbocycles. The highest BCUT2D eigenvalue weighted by atomic mass is 35.5. The van der Waals surface area contributed by atoms with Gasteiger partial charge in [0.25, 0.3) is 0 Å². The Bertz CT molecular complexity index is 2610. The van der Waals surface area contributed by atoms with Gasteiger partial charge in [0.15, 0.2) is 11.0 Å². The van der Waals surface area contributed by atoms with Gasteiger partial charge in [-0.3, -0.25) is 43.7 Å². The first kappa shape index (κ1) is 39.9. The third-order valence-electron chi connectivity index (χ3n) is 11.7. The van der Waals surface area contributed by atoms with E-state index >= 15 is 0 Å². The zero-order chi connectivity index (χ0) is 41.9. The normalized spacial score (nSPS) is 19.6. The number of anilines is 1. The molecule has 0 radical (unpaired) electrons. The number of aryl methyl sites for hydroxylation is 2. The largest absolute Gasteiger partial charge is 0.494 e. The number of rotatable bonds is 12. The van der Waals surface area contributed by atoms with Crippen molar-refractivity contribution in [3.8, 4) is 10.8 Å². The topological polar surface area (TPSA) is 181 Å². The second kappa shape index (κ2) is 15.8. The molecule has 310 valence electrons. The standard InChI is InChI=1S/C42H42ClN9O6S2/c1-22-23(2)59-39-35(22)36(25-7-9-26(43)10-8-25)45-29(37-49-48-24(3)51(37)39)18-33(54)44-15-5-4-6-16-58-27-11-12-28-31(17-27)60-41(46-28)50-20-42(21-50)19-34(55)52(40(42)57)30-13-14-32(53)47-38(30)56/h7-12,17,29-30H,4-6,13-16,18-21H2,1-3H3,(H,44,54)(H,47,53,56)/t29-,30?/m0/s1. The average Bonchev–Trinajstić information content (AvgIpc) is 3.92. The summed E-state index contributed by atoms with van der Waals surface area (Å²) in [5.41, 5.74) is 3.83. The highest BCUT2D eigenvalue weighted by Crippen LogP contribution is 2.46. The van der Waals surface area contributed by atoms with Gasteiger partial charge >= 0.3 is 0 Å². The highest BCUT2D eigenvalue weighted by Gasteiger charge is 2.61. The van der Waals surface area contributed by atoms with E-state index in [2.05, 4.69) is 34.7 Å². The Kier molecular flexibility index (Phi) is 10.5. The fourth-order valence-corrected chi connectivity index (χ4v) is 10.8. The van der Waals surface area contributed by atoms with Crippen LogP contribution in [0.1, 0.15) is 84.2 Å². The van der Waals surface area contributed by atoms with Crippen molar-refractivity contribution in [3.63, 3.8) is 0 Å². The number of hydrogen-bond acceptors (Lipinski definition) is 13. The van der Waals surface area contributed by atoms with Crippen molar-refractivity contribution < 1.29 is 28.7 Å². The summed E-state index contributed by atoms with van der Waals surface area (Å²) in [6.45, 7) is 7.84. The van der Waals surface area contributed by atoms with Crippen molar-refractivity contribution in [2.45, 2.75) is 77.8 Å². The third-order valence-corrected chi connectivity index (χ3v) is 14.2. The van der Waals surface area contributed by atoms with Gasteiger partial charge in [-0.25, -0.2) is 4.98 Å². The maximum atomic E-state index is 13.4. The van der Waals surface area contributed by atoms with E-state index in [1.165, 1.54) is 16.2 Å². The number of aromatic nitrogens is 4. The molecule has 3 saturated heterocycles. The van der Waals surface area contributed by atoms with Crippen LogP contribution in [0.15, 0.2) is 47.5 Å². The number of likely N-dealkylation sites (tertiary alicyclic amines) is 1. The number of hydrogen-bond donors (Lipinski definition) is 2. The van der Waals surface area contributed by atoms with Gasteiger partial charge in [-0.2, -0.15) is 0 Å². The molecule has 9 rings (SSSR count). The number of fused-ring (bicyclic) bond motifs is 4. The molecular formula is C42H42ClN9O6S2. The number of carbonyl (C=O) groups is 5. The lowest BCUT2D eigenvalue weighted by Crippen LogP contribution is -2.62. The number of thiazole rings is 1. The van der Waals surface area contributed by atoms with Crippen molar-refractivity contribution >= 4 is 84.9 Å². The molecule has 0 aliphatic carbocycles. The van der Waals surface area contributed by atoms with Crippen molar-refractivity contribution in [3.05, 3.63) is 80.7 Å². The zero-order valence-corrected chi connectivity index (χ0v) is 35.6. The van der Waals surface area contributed by atoms with E-state index in [-0.39, 0.29) is 43.4 Å². The minimum Gasteiger partial charge on any atom is -0.494 e. The molecule has 18 heteroatoms. The number of benzene rings is 2. The fourth-order valence-electron chi connectivity index (χ4n) is 8.45. The predicted octanol–water partition coefficient (Wildman–Crippen LogP) is 5.54. The Balaban J connectivity index is 0.752. The Morgan fingerprint density at radius 2 is 1.82 bits per heavy atom. The number of nitrogens with zero attached hydrogens (tertiary/aromatic N) is 7. The zero-order valence-electron chi connectivity index (χ0n) is 33.2. The Labute approximate surface area is 358 Å². The van der Waals surface area contributed by atoms with Gasteiger partial charge in [0.1, 0.15) is 28.7 Å². The first-order chi connectivity index (χ1) is 28.9. The van der Waals surface area contributed by atoms with Gasteiger partial charge < -0.3 is 15.0 Å². The van der Waals surface area contributed by atoms with Crippen LogP contribution in [0.4, 0.5) is 5.13 Å². The molecule has 7 heterocycles. The van der Waals surface area contributed by atoms with Crippen molar-refractivity contribution in [1.29, 1.82) is 0 Å². The second-order valence-electron chi connectivity index (χ2n) is 15.8. The quantitative estimate of drug-likeness (QED) is 0.120. The number of unbranched alkanes of at least 4 members (excludes halogenated alkanes) is 2. The number of ether oxygens (including phenoxy) is 1. The maximum absolute atomic E-state index is 13.4. The molecule has 15 nitrogen and oxygen atoms in total. The summed E-state index contributed by atoms with van der Waals surface area (Å²) in [5.74, 6) is 0.297. The first-order valence-electron chi connectivity index (χ1n) is 20.0. The maximum Gasteiger partial charge on any atom is 0.249 e. The molecule has 0 saturated carbocycles. The molecule has 1 unspecified atom stereocenters. The van der Waals surface area contributed by atoms with E-state index in [9.17, 15) is 24.0 Å². The fraction of sp³-hybridized carbons (Fsp3) is 0.405. The predicted molar refractivity (Wildman–Crippen MR) is 227 cm³/mol. The van der Waals surface area contributed by atoms with Crippen LogP contribution in [0.5, 0.6) is 5.75 Å². The number of piperidine rings is 1. The number of thiophene rings is 1. The molecule has 60 heavy (non-hydrogen) atoms. The summed E-state index contributed by atoms with van der Waals surface area (Å²) in [4.78, 5) is 77.9. The monoisotopic (exact) mass is 867 g/mol. The minimum absolute atomic E-state index is 0.0401. The average molecular weight is 868 g/mol. The van der Waals surface area contributed by atoms with Crippen LogP contribution in [0.2, 0.25) is 5.02 Å². The van der Waals surface area contributed by atoms with Crippen LogP contribution in [0.3, 0.4) is 0 Å². The highest BCUT2D eigenvalue weighted by molar-refractivity contribution is 7.22. The number of halogens is 1. The molecule has 4 aliphatic rings. The first-order valence-corrected chi connectivity index (χ1v) is 22.0. The SMILES string of the molecule is Cc1sc2c(c1C)C(c1ccc(Cl)cc1)=N[C@@H](CC(=O)NCCCCCOc1ccc3nc(N4CC5(CC(=O)N(C6CCC(=O)NC6=O)C5=O)C4)sc3c1)c1nnc(C)n1-2. The third kappa shape index (κ3) is 7.25. The molecule has 1 spiro atoms. The minimum atomic E-state index is -0.939. The van der Waals surface area contributed by atoms with E-state index in [1.54, 1.807) is 11.3 Å². The molecule has 2 atom stereocenters. The molecule has 4 aliphatic heterocycles. The van der Waals surface area contributed by atoms with E-state index in [4.69, 9.17) is 26.3 Å². The van der Waals surface area contributed by atoms with Crippen LogP contribution in [-0.2, 0) is 24.0 Å². The smallest absolute Gasteiger partial charge is 0.249 e. The number of imide groups is 2. The summed E-state index contributed by atoms with van der Waals surface area (Å²) in [6.07, 6.45) is 2.88. The summed E-state index contributed by atoms with van der Waals surface area (Å²) in [7, 11) is 0. The molecule has 3 fully saturated rings. The van der Waals surface area contributed by atoms with E-state index in [0.29, 0.717) is 37.1 Å². The molecule has 5 aromatic rings. The molecular weight excluding hydrogens is 826 g/mol. The van der Waals surface area contributed by atoms with Gasteiger partial charge in [-0.15, -0.1) is 21.5 Å². The lowest BCUT2D eigenvalue weighted by atomic mass is 9.78.